The lowest BCUT2D eigenvalue weighted by Gasteiger charge is -2.02. The summed E-state index contributed by atoms with van der Waals surface area (Å²) in [5.41, 5.74) is 1.61. The van der Waals surface area contributed by atoms with Crippen molar-refractivity contribution in [3.8, 4) is 5.69 Å². The van der Waals surface area contributed by atoms with E-state index in [9.17, 15) is 9.18 Å². The molecule has 76 valence electrons. The number of aldehydes is 1. The van der Waals surface area contributed by atoms with Gasteiger partial charge in [0, 0.05) is 11.8 Å². The Morgan fingerprint density at radius 2 is 2.27 bits per heavy atom. The summed E-state index contributed by atoms with van der Waals surface area (Å²) in [6.07, 6.45) is 3.98. The molecule has 15 heavy (non-hydrogen) atoms. The molecule has 2 rings (SSSR count). The number of rotatable bonds is 2. The predicted molar refractivity (Wildman–Crippen MR) is 53.6 cm³/mol. The lowest BCUT2D eigenvalue weighted by molar-refractivity contribution is 0.112. The SMILES string of the molecule is Cc1cnn(-c2ccc(C=O)cc2F)c1. The van der Waals surface area contributed by atoms with Crippen LogP contribution in [0.3, 0.4) is 0 Å². The first-order chi connectivity index (χ1) is 7.20. The molecule has 1 aromatic carbocycles. The minimum absolute atomic E-state index is 0.320. The topological polar surface area (TPSA) is 34.9 Å². The van der Waals surface area contributed by atoms with Crippen LogP contribution in [-0.4, -0.2) is 16.1 Å². The molecule has 0 saturated heterocycles. The van der Waals surface area contributed by atoms with Gasteiger partial charge >= 0.3 is 0 Å². The first kappa shape index (κ1) is 9.58. The van der Waals surface area contributed by atoms with E-state index in [4.69, 9.17) is 0 Å². The molecule has 0 atom stereocenters. The fraction of sp³-hybridized carbons (Fsp3) is 0.0909. The predicted octanol–water partition coefficient (Wildman–Crippen LogP) is 2.13. The molecule has 0 amide bonds. The smallest absolute Gasteiger partial charge is 0.150 e. The van der Waals surface area contributed by atoms with Crippen molar-refractivity contribution < 1.29 is 9.18 Å². The summed E-state index contributed by atoms with van der Waals surface area (Å²) in [6, 6.07) is 4.28. The number of hydrogen-bond acceptors (Lipinski definition) is 2. The molecule has 0 N–H and O–H groups in total. The summed E-state index contributed by atoms with van der Waals surface area (Å²) in [4.78, 5) is 10.4. The fourth-order valence-electron chi connectivity index (χ4n) is 1.33. The normalized spacial score (nSPS) is 10.3. The Bertz CT molecular complexity index is 505. The van der Waals surface area contributed by atoms with E-state index >= 15 is 0 Å². The third kappa shape index (κ3) is 1.79. The highest BCUT2D eigenvalue weighted by molar-refractivity contribution is 5.75. The molecule has 0 saturated carbocycles. The van der Waals surface area contributed by atoms with Gasteiger partial charge < -0.3 is 0 Å². The van der Waals surface area contributed by atoms with E-state index in [0.29, 0.717) is 17.5 Å². The Morgan fingerprint density at radius 3 is 2.80 bits per heavy atom. The number of carbonyl (C=O) groups is 1. The molecule has 2 aromatic rings. The van der Waals surface area contributed by atoms with Gasteiger partial charge in [-0.05, 0) is 30.7 Å². The van der Waals surface area contributed by atoms with Gasteiger partial charge in [0.15, 0.2) is 0 Å². The highest BCUT2D eigenvalue weighted by Gasteiger charge is 2.06. The van der Waals surface area contributed by atoms with E-state index < -0.39 is 5.82 Å². The summed E-state index contributed by atoms with van der Waals surface area (Å²) in [6.45, 7) is 1.88. The largest absolute Gasteiger partial charge is 0.298 e. The standard InChI is InChI=1S/C11H9FN2O/c1-8-5-13-14(6-8)11-3-2-9(7-15)4-10(11)12/h2-7H,1H3. The van der Waals surface area contributed by atoms with Gasteiger partial charge in [0.25, 0.3) is 0 Å². The van der Waals surface area contributed by atoms with Crippen LogP contribution in [0.1, 0.15) is 15.9 Å². The minimum Gasteiger partial charge on any atom is -0.298 e. The van der Waals surface area contributed by atoms with E-state index in [1.54, 1.807) is 18.5 Å². The average Bonchev–Trinajstić information content (AvgIpc) is 2.64. The van der Waals surface area contributed by atoms with Crippen LogP contribution in [0.25, 0.3) is 5.69 Å². The summed E-state index contributed by atoms with van der Waals surface area (Å²) in [7, 11) is 0. The Balaban J connectivity index is 2.49. The number of benzene rings is 1. The molecule has 0 spiro atoms. The highest BCUT2D eigenvalue weighted by atomic mass is 19.1. The van der Waals surface area contributed by atoms with Crippen LogP contribution in [0.4, 0.5) is 4.39 Å². The fourth-order valence-corrected chi connectivity index (χ4v) is 1.33. The molecule has 0 bridgehead atoms. The van der Waals surface area contributed by atoms with Crippen molar-refractivity contribution in [3.05, 3.63) is 47.5 Å². The molecule has 0 aliphatic carbocycles. The van der Waals surface area contributed by atoms with Gasteiger partial charge in [-0.2, -0.15) is 5.10 Å². The summed E-state index contributed by atoms with van der Waals surface area (Å²) < 4.78 is 15.0. The van der Waals surface area contributed by atoms with Crippen molar-refractivity contribution in [1.82, 2.24) is 9.78 Å². The van der Waals surface area contributed by atoms with Crippen LogP contribution < -0.4 is 0 Å². The molecule has 1 aromatic heterocycles. The number of halogens is 1. The van der Waals surface area contributed by atoms with Crippen molar-refractivity contribution >= 4 is 6.29 Å². The van der Waals surface area contributed by atoms with Crippen molar-refractivity contribution in [2.75, 3.05) is 0 Å². The number of hydrogen-bond donors (Lipinski definition) is 0. The third-order valence-electron chi connectivity index (χ3n) is 2.07. The summed E-state index contributed by atoms with van der Waals surface area (Å²) >= 11 is 0. The lowest BCUT2D eigenvalue weighted by Crippen LogP contribution is -1.98. The van der Waals surface area contributed by atoms with Crippen LogP contribution in [0.5, 0.6) is 0 Å². The zero-order valence-electron chi connectivity index (χ0n) is 8.14. The number of aromatic nitrogens is 2. The molecule has 0 fully saturated rings. The van der Waals surface area contributed by atoms with Crippen LogP contribution in [0.2, 0.25) is 0 Å². The summed E-state index contributed by atoms with van der Waals surface area (Å²) in [5, 5.41) is 3.99. The molecule has 1 heterocycles. The minimum atomic E-state index is -0.456. The van der Waals surface area contributed by atoms with Crippen LogP contribution in [-0.2, 0) is 0 Å². The Kier molecular flexibility index (Phi) is 2.33. The molecule has 0 radical (unpaired) electrons. The molecule has 0 aliphatic heterocycles. The molecular weight excluding hydrogens is 195 g/mol. The van der Waals surface area contributed by atoms with Crippen LogP contribution >= 0.6 is 0 Å². The Hall–Kier alpha value is -1.97. The second-order valence-corrected chi connectivity index (χ2v) is 3.29. The zero-order chi connectivity index (χ0) is 10.8. The second kappa shape index (κ2) is 3.65. The maximum absolute atomic E-state index is 13.5. The van der Waals surface area contributed by atoms with Crippen LogP contribution in [0, 0.1) is 12.7 Å². The van der Waals surface area contributed by atoms with Gasteiger partial charge in [0.05, 0.1) is 6.20 Å². The average molecular weight is 204 g/mol. The molecular formula is C11H9FN2O. The van der Waals surface area contributed by atoms with Gasteiger partial charge in [-0.3, -0.25) is 4.79 Å². The third-order valence-corrected chi connectivity index (χ3v) is 2.07. The van der Waals surface area contributed by atoms with Crippen molar-refractivity contribution in [2.24, 2.45) is 0 Å². The summed E-state index contributed by atoms with van der Waals surface area (Å²) in [5.74, 6) is -0.456. The number of aryl methyl sites for hydroxylation is 1. The maximum atomic E-state index is 13.5. The quantitative estimate of drug-likeness (QED) is 0.702. The zero-order valence-corrected chi connectivity index (χ0v) is 8.14. The van der Waals surface area contributed by atoms with Crippen molar-refractivity contribution in [2.45, 2.75) is 6.92 Å². The van der Waals surface area contributed by atoms with E-state index in [-0.39, 0.29) is 0 Å². The molecule has 0 aliphatic rings. The molecule has 4 heteroatoms. The van der Waals surface area contributed by atoms with Gasteiger partial charge in [-0.25, -0.2) is 9.07 Å². The van der Waals surface area contributed by atoms with Crippen molar-refractivity contribution in [3.63, 3.8) is 0 Å². The monoisotopic (exact) mass is 204 g/mol. The van der Waals surface area contributed by atoms with E-state index in [2.05, 4.69) is 5.10 Å². The maximum Gasteiger partial charge on any atom is 0.150 e. The van der Waals surface area contributed by atoms with Crippen molar-refractivity contribution in [1.29, 1.82) is 0 Å². The lowest BCUT2D eigenvalue weighted by atomic mass is 10.2. The van der Waals surface area contributed by atoms with E-state index in [1.165, 1.54) is 16.8 Å². The molecule has 0 unspecified atom stereocenters. The van der Waals surface area contributed by atoms with Crippen LogP contribution in [0.15, 0.2) is 30.6 Å². The Morgan fingerprint density at radius 1 is 1.47 bits per heavy atom. The second-order valence-electron chi connectivity index (χ2n) is 3.29. The number of nitrogens with zero attached hydrogens (tertiary/aromatic N) is 2. The molecule has 3 nitrogen and oxygen atoms in total. The number of carbonyl (C=O) groups excluding carboxylic acids is 1. The van der Waals surface area contributed by atoms with Gasteiger partial charge in [0.1, 0.15) is 17.8 Å². The Labute approximate surface area is 86.2 Å². The van der Waals surface area contributed by atoms with Gasteiger partial charge in [-0.15, -0.1) is 0 Å². The highest BCUT2D eigenvalue weighted by Crippen LogP contribution is 2.14. The van der Waals surface area contributed by atoms with E-state index in [0.717, 1.165) is 5.56 Å². The van der Waals surface area contributed by atoms with Gasteiger partial charge in [0.2, 0.25) is 0 Å². The first-order valence-electron chi connectivity index (χ1n) is 4.47. The first-order valence-corrected chi connectivity index (χ1v) is 4.47. The van der Waals surface area contributed by atoms with Gasteiger partial charge in [-0.1, -0.05) is 0 Å². The van der Waals surface area contributed by atoms with E-state index in [1.807, 2.05) is 6.92 Å².